The van der Waals surface area contributed by atoms with Gasteiger partial charge in [0.25, 0.3) is 0 Å². The number of cyclic esters (lactones) is 1. The average Bonchev–Trinajstić information content (AvgIpc) is 3.16. The van der Waals surface area contributed by atoms with E-state index in [2.05, 4.69) is 29.3 Å². The van der Waals surface area contributed by atoms with Gasteiger partial charge in [0.15, 0.2) is 5.11 Å². The van der Waals surface area contributed by atoms with Gasteiger partial charge in [-0.2, -0.15) is 0 Å². The molecule has 0 aromatic heterocycles. The summed E-state index contributed by atoms with van der Waals surface area (Å²) in [6.45, 7) is 6.30. The fraction of sp³-hybridized carbons (Fsp3) is 0.304. The van der Waals surface area contributed by atoms with Crippen LogP contribution in [0.2, 0.25) is 0 Å². The summed E-state index contributed by atoms with van der Waals surface area (Å²) in [4.78, 5) is 15.8. The molecule has 2 N–H and O–H groups in total. The third-order valence-corrected chi connectivity index (χ3v) is 5.77. The van der Waals surface area contributed by atoms with Crippen molar-refractivity contribution in [3.8, 4) is 0 Å². The molecule has 2 heterocycles. The van der Waals surface area contributed by atoms with E-state index in [-0.39, 0.29) is 11.9 Å². The summed E-state index contributed by atoms with van der Waals surface area (Å²) in [6.07, 6.45) is 1.72. The van der Waals surface area contributed by atoms with Crippen LogP contribution in [0.3, 0.4) is 0 Å². The van der Waals surface area contributed by atoms with E-state index in [4.69, 9.17) is 17.0 Å². The van der Waals surface area contributed by atoms with Gasteiger partial charge in [0.2, 0.25) is 0 Å². The number of benzene rings is 2. The predicted octanol–water partition coefficient (Wildman–Crippen LogP) is 3.36. The molecule has 0 radical (unpaired) electrons. The summed E-state index contributed by atoms with van der Waals surface area (Å²) in [7, 11) is 0. The molecule has 2 aromatic carbocycles. The third kappa shape index (κ3) is 4.80. The van der Waals surface area contributed by atoms with Crippen molar-refractivity contribution in [2.24, 2.45) is 0 Å². The van der Waals surface area contributed by atoms with Crippen LogP contribution in [0.1, 0.15) is 11.1 Å². The second kappa shape index (κ2) is 9.34. The number of fused-ring (bicyclic) bond motifs is 1. The fourth-order valence-corrected chi connectivity index (χ4v) is 4.06. The molecule has 1 fully saturated rings. The Morgan fingerprint density at radius 1 is 1.26 bits per heavy atom. The number of carbonyl (C=O) groups excluding carboxylic acids is 1. The molecule has 0 unspecified atom stereocenters. The zero-order valence-electron chi connectivity index (χ0n) is 17.1. The first-order valence-corrected chi connectivity index (χ1v) is 10.7. The minimum Gasteiger partial charge on any atom is -0.442 e. The van der Waals surface area contributed by atoms with Crippen molar-refractivity contribution in [1.82, 2.24) is 10.6 Å². The lowest BCUT2D eigenvalue weighted by Gasteiger charge is -2.31. The highest BCUT2D eigenvalue weighted by Gasteiger charge is 2.33. The monoisotopic (exact) mass is 440 g/mol. The van der Waals surface area contributed by atoms with Crippen LogP contribution in [-0.2, 0) is 17.7 Å². The Balaban J connectivity index is 1.39. The Morgan fingerprint density at radius 2 is 2.06 bits per heavy atom. The first-order chi connectivity index (χ1) is 15.0. The van der Waals surface area contributed by atoms with Crippen molar-refractivity contribution >= 4 is 34.8 Å². The summed E-state index contributed by atoms with van der Waals surface area (Å²) in [5, 5.41) is 6.43. The highest BCUT2D eigenvalue weighted by atomic mass is 32.1. The molecular weight excluding hydrogens is 415 g/mol. The SMILES string of the molecule is C=CCNC(=S)NC[C@@H]1CN(c2ccc(N3CCc4ccccc4C3)c(F)c2)C(=O)O1. The summed E-state index contributed by atoms with van der Waals surface area (Å²) in [5.41, 5.74) is 3.56. The summed E-state index contributed by atoms with van der Waals surface area (Å²) in [5.74, 6) is -0.346. The number of hydrogen-bond acceptors (Lipinski definition) is 4. The smallest absolute Gasteiger partial charge is 0.414 e. The topological polar surface area (TPSA) is 56.8 Å². The maximum atomic E-state index is 15.0. The minimum atomic E-state index is -0.490. The molecule has 1 atom stereocenters. The first kappa shape index (κ1) is 21.1. The van der Waals surface area contributed by atoms with Crippen LogP contribution in [0.5, 0.6) is 0 Å². The molecule has 2 aliphatic heterocycles. The predicted molar refractivity (Wildman–Crippen MR) is 124 cm³/mol. The number of rotatable bonds is 6. The molecule has 31 heavy (non-hydrogen) atoms. The van der Waals surface area contributed by atoms with Gasteiger partial charge in [0.1, 0.15) is 11.9 Å². The number of carbonyl (C=O) groups is 1. The molecule has 1 amide bonds. The number of anilines is 2. The van der Waals surface area contributed by atoms with Crippen LogP contribution in [0, 0.1) is 5.82 Å². The fourth-order valence-electron chi connectivity index (χ4n) is 3.89. The number of amides is 1. The molecule has 162 valence electrons. The lowest BCUT2D eigenvalue weighted by atomic mass is 9.99. The van der Waals surface area contributed by atoms with Gasteiger partial charge in [0.05, 0.1) is 24.5 Å². The average molecular weight is 441 g/mol. The quantitative estimate of drug-likeness (QED) is 0.531. The van der Waals surface area contributed by atoms with Gasteiger partial charge in [-0.25, -0.2) is 9.18 Å². The van der Waals surface area contributed by atoms with Crippen molar-refractivity contribution < 1.29 is 13.9 Å². The van der Waals surface area contributed by atoms with Crippen LogP contribution < -0.4 is 20.4 Å². The molecule has 0 spiro atoms. The zero-order valence-corrected chi connectivity index (χ0v) is 18.0. The normalized spacial score (nSPS) is 17.7. The van der Waals surface area contributed by atoms with Crippen LogP contribution in [0.15, 0.2) is 55.1 Å². The van der Waals surface area contributed by atoms with Gasteiger partial charge >= 0.3 is 6.09 Å². The summed E-state index contributed by atoms with van der Waals surface area (Å²) in [6, 6.07) is 13.2. The third-order valence-electron chi connectivity index (χ3n) is 5.49. The number of ether oxygens (including phenoxy) is 1. The zero-order chi connectivity index (χ0) is 21.8. The maximum absolute atomic E-state index is 15.0. The van der Waals surface area contributed by atoms with E-state index in [1.807, 2.05) is 17.0 Å². The number of nitrogens with one attached hydrogen (secondary N) is 2. The Bertz CT molecular complexity index is 999. The molecule has 0 aliphatic carbocycles. The van der Waals surface area contributed by atoms with E-state index in [0.29, 0.717) is 42.7 Å². The van der Waals surface area contributed by atoms with Gasteiger partial charge in [-0.1, -0.05) is 30.3 Å². The van der Waals surface area contributed by atoms with Gasteiger partial charge < -0.3 is 20.3 Å². The highest BCUT2D eigenvalue weighted by molar-refractivity contribution is 7.80. The van der Waals surface area contributed by atoms with Crippen LogP contribution in [0.4, 0.5) is 20.6 Å². The number of halogens is 1. The molecule has 2 aliphatic rings. The largest absolute Gasteiger partial charge is 0.442 e. The molecule has 8 heteroatoms. The number of nitrogens with zero attached hydrogens (tertiary/aromatic N) is 2. The van der Waals surface area contributed by atoms with Crippen molar-refractivity contribution in [1.29, 1.82) is 0 Å². The lowest BCUT2D eigenvalue weighted by Crippen LogP contribution is -2.40. The molecule has 4 rings (SSSR count). The van der Waals surface area contributed by atoms with Gasteiger partial charge in [-0.3, -0.25) is 4.90 Å². The van der Waals surface area contributed by atoms with E-state index in [0.717, 1.165) is 13.0 Å². The lowest BCUT2D eigenvalue weighted by molar-refractivity contribution is 0.143. The molecule has 1 saturated heterocycles. The first-order valence-electron chi connectivity index (χ1n) is 10.3. The summed E-state index contributed by atoms with van der Waals surface area (Å²) >= 11 is 5.15. The minimum absolute atomic E-state index is 0.325. The van der Waals surface area contributed by atoms with Gasteiger partial charge in [-0.05, 0) is 48.0 Å². The number of hydrogen-bond donors (Lipinski definition) is 2. The standard InChI is InChI=1S/C23H25FN4O2S/c1-2-10-25-22(31)26-13-19-15-28(23(29)30-19)18-7-8-21(20(24)12-18)27-11-9-16-5-3-4-6-17(16)14-27/h2-8,12,19H,1,9-11,13-15H2,(H2,25,26,31)/t19-/m1/s1. The molecular formula is C23H25FN4O2S. The molecule has 6 nitrogen and oxygen atoms in total. The number of thiocarbonyl (C=S) groups is 1. The van der Waals surface area contributed by atoms with E-state index >= 15 is 0 Å². The van der Waals surface area contributed by atoms with E-state index in [9.17, 15) is 9.18 Å². The van der Waals surface area contributed by atoms with Crippen LogP contribution >= 0.6 is 12.2 Å². The van der Waals surface area contributed by atoms with Crippen LogP contribution in [-0.4, -0.2) is 43.5 Å². The van der Waals surface area contributed by atoms with E-state index in [1.165, 1.54) is 22.1 Å². The Hall–Kier alpha value is -3.13. The summed E-state index contributed by atoms with van der Waals surface area (Å²) < 4.78 is 20.4. The second-order valence-corrected chi connectivity index (χ2v) is 7.98. The molecule has 0 bridgehead atoms. The maximum Gasteiger partial charge on any atom is 0.414 e. The Labute approximate surface area is 186 Å². The van der Waals surface area contributed by atoms with Gasteiger partial charge in [-0.15, -0.1) is 6.58 Å². The molecule has 0 saturated carbocycles. The van der Waals surface area contributed by atoms with Crippen molar-refractivity contribution in [3.05, 3.63) is 72.1 Å². The van der Waals surface area contributed by atoms with E-state index < -0.39 is 6.09 Å². The van der Waals surface area contributed by atoms with Crippen molar-refractivity contribution in [2.45, 2.75) is 19.1 Å². The van der Waals surface area contributed by atoms with E-state index in [1.54, 1.807) is 18.2 Å². The van der Waals surface area contributed by atoms with Crippen molar-refractivity contribution in [3.63, 3.8) is 0 Å². The van der Waals surface area contributed by atoms with Crippen molar-refractivity contribution in [2.75, 3.05) is 36.0 Å². The molecule has 2 aromatic rings. The second-order valence-electron chi connectivity index (χ2n) is 7.57. The Morgan fingerprint density at radius 3 is 2.84 bits per heavy atom. The highest BCUT2D eigenvalue weighted by Crippen LogP contribution is 2.30. The Kier molecular flexibility index (Phi) is 6.36. The van der Waals surface area contributed by atoms with Gasteiger partial charge in [0, 0.05) is 19.6 Å². The van der Waals surface area contributed by atoms with Crippen LogP contribution in [0.25, 0.3) is 0 Å².